The van der Waals surface area contributed by atoms with E-state index in [0.717, 1.165) is 34.7 Å². The third-order valence-electron chi connectivity index (χ3n) is 4.92. The molecule has 2 aromatic carbocycles. The van der Waals surface area contributed by atoms with Crippen molar-refractivity contribution < 1.29 is 4.79 Å². The van der Waals surface area contributed by atoms with Crippen LogP contribution in [0.5, 0.6) is 0 Å². The molecular weight excluding hydrogens is 360 g/mol. The number of hydrogen-bond donors (Lipinski definition) is 1. The fraction of sp³-hybridized carbons (Fsp3) is 0.333. The lowest BCUT2D eigenvalue weighted by Crippen LogP contribution is -2.42. The second kappa shape index (κ2) is 9.41. The van der Waals surface area contributed by atoms with E-state index in [9.17, 15) is 4.79 Å². The molecule has 3 aromatic rings. The minimum atomic E-state index is -0.0416. The standard InChI is InChI=1S/C24H30N4O/c1-18(2)16-27-20(4)23(19(3)25-27)15-24(29)26-28(22-13-9-6-10-14-22)17-21-11-7-5-8-12-21/h5-14,18H,15-17H2,1-4H3,(H,26,29). The zero-order valence-corrected chi connectivity index (χ0v) is 17.7. The summed E-state index contributed by atoms with van der Waals surface area (Å²) in [6, 6.07) is 20.1. The molecule has 3 rings (SSSR count). The number of carbonyl (C=O) groups excluding carboxylic acids is 1. The number of aryl methyl sites for hydroxylation is 1. The van der Waals surface area contributed by atoms with E-state index >= 15 is 0 Å². The Labute approximate surface area is 173 Å². The van der Waals surface area contributed by atoms with Crippen LogP contribution in [-0.2, 0) is 24.3 Å². The summed E-state index contributed by atoms with van der Waals surface area (Å²) in [5.74, 6) is 0.467. The zero-order chi connectivity index (χ0) is 20.8. The predicted octanol–water partition coefficient (Wildman–Crippen LogP) is 4.44. The largest absolute Gasteiger partial charge is 0.281 e. The van der Waals surface area contributed by atoms with E-state index < -0.39 is 0 Å². The normalized spacial score (nSPS) is 10.9. The van der Waals surface area contributed by atoms with Crippen molar-refractivity contribution in [1.82, 2.24) is 15.2 Å². The van der Waals surface area contributed by atoms with Crippen LogP contribution in [0.2, 0.25) is 0 Å². The molecule has 0 saturated carbocycles. The maximum atomic E-state index is 12.9. The Balaban J connectivity index is 1.76. The van der Waals surface area contributed by atoms with Crippen molar-refractivity contribution in [1.29, 1.82) is 0 Å². The van der Waals surface area contributed by atoms with Gasteiger partial charge in [-0.05, 0) is 37.5 Å². The van der Waals surface area contributed by atoms with Gasteiger partial charge in [-0.2, -0.15) is 5.10 Å². The Morgan fingerprint density at radius 2 is 1.66 bits per heavy atom. The number of para-hydroxylation sites is 1. The van der Waals surface area contributed by atoms with Gasteiger partial charge in [-0.1, -0.05) is 62.4 Å². The SMILES string of the molecule is Cc1nn(CC(C)C)c(C)c1CC(=O)NN(Cc1ccccc1)c1ccccc1. The van der Waals surface area contributed by atoms with E-state index in [1.165, 1.54) is 0 Å². The Morgan fingerprint density at radius 3 is 2.28 bits per heavy atom. The number of benzene rings is 2. The Hall–Kier alpha value is -3.08. The van der Waals surface area contributed by atoms with Gasteiger partial charge in [0.05, 0.1) is 24.3 Å². The summed E-state index contributed by atoms with van der Waals surface area (Å²) in [7, 11) is 0. The summed E-state index contributed by atoms with van der Waals surface area (Å²) in [5, 5.41) is 6.54. The van der Waals surface area contributed by atoms with Gasteiger partial charge in [0.25, 0.3) is 0 Å². The lowest BCUT2D eigenvalue weighted by molar-refractivity contribution is -0.120. The number of hydrogen-bond acceptors (Lipinski definition) is 3. The molecular formula is C24H30N4O. The minimum absolute atomic E-state index is 0.0416. The van der Waals surface area contributed by atoms with Crippen LogP contribution in [0.25, 0.3) is 0 Å². The van der Waals surface area contributed by atoms with Crippen molar-refractivity contribution >= 4 is 11.6 Å². The fourth-order valence-electron chi connectivity index (χ4n) is 3.43. The monoisotopic (exact) mass is 390 g/mol. The van der Waals surface area contributed by atoms with E-state index in [-0.39, 0.29) is 5.91 Å². The number of aromatic nitrogens is 2. The van der Waals surface area contributed by atoms with E-state index in [2.05, 4.69) is 36.5 Å². The molecule has 1 amide bonds. The molecule has 0 fully saturated rings. The number of rotatable bonds is 8. The van der Waals surface area contributed by atoms with Crippen molar-refractivity contribution in [2.24, 2.45) is 5.92 Å². The van der Waals surface area contributed by atoms with Crippen molar-refractivity contribution in [2.45, 2.75) is 47.2 Å². The van der Waals surface area contributed by atoms with E-state index in [1.807, 2.05) is 72.1 Å². The molecule has 0 aliphatic rings. The first kappa shape index (κ1) is 20.6. The van der Waals surface area contributed by atoms with E-state index in [4.69, 9.17) is 0 Å². The van der Waals surface area contributed by atoms with Crippen LogP contribution in [0, 0.1) is 19.8 Å². The first-order valence-electron chi connectivity index (χ1n) is 10.1. The quantitative estimate of drug-likeness (QED) is 0.579. The highest BCUT2D eigenvalue weighted by atomic mass is 16.2. The number of anilines is 1. The van der Waals surface area contributed by atoms with Gasteiger partial charge >= 0.3 is 0 Å². The highest BCUT2D eigenvalue weighted by Gasteiger charge is 2.17. The molecule has 0 spiro atoms. The molecule has 1 heterocycles. The number of hydrazine groups is 1. The van der Waals surface area contributed by atoms with Gasteiger partial charge in [0.2, 0.25) is 5.91 Å². The molecule has 1 N–H and O–H groups in total. The second-order valence-electron chi connectivity index (χ2n) is 7.84. The Morgan fingerprint density at radius 1 is 1.03 bits per heavy atom. The average Bonchev–Trinajstić information content (AvgIpc) is 2.96. The fourth-order valence-corrected chi connectivity index (χ4v) is 3.43. The van der Waals surface area contributed by atoms with Crippen LogP contribution in [-0.4, -0.2) is 15.7 Å². The molecule has 0 bridgehead atoms. The highest BCUT2D eigenvalue weighted by Crippen LogP contribution is 2.17. The van der Waals surface area contributed by atoms with Crippen molar-refractivity contribution in [3.8, 4) is 0 Å². The lowest BCUT2D eigenvalue weighted by Gasteiger charge is -2.25. The topological polar surface area (TPSA) is 50.2 Å². The average molecular weight is 391 g/mol. The molecule has 0 unspecified atom stereocenters. The summed E-state index contributed by atoms with van der Waals surface area (Å²) in [5.41, 5.74) is 8.18. The van der Waals surface area contributed by atoms with Gasteiger partial charge in [0, 0.05) is 17.8 Å². The number of carbonyl (C=O) groups is 1. The summed E-state index contributed by atoms with van der Waals surface area (Å²) in [6.45, 7) is 9.82. The molecule has 152 valence electrons. The van der Waals surface area contributed by atoms with Crippen LogP contribution in [0.1, 0.15) is 36.4 Å². The lowest BCUT2D eigenvalue weighted by atomic mass is 10.1. The summed E-state index contributed by atoms with van der Waals surface area (Å²) in [4.78, 5) is 12.9. The molecule has 5 nitrogen and oxygen atoms in total. The molecule has 29 heavy (non-hydrogen) atoms. The molecule has 0 radical (unpaired) electrons. The van der Waals surface area contributed by atoms with E-state index in [1.54, 1.807) is 0 Å². The molecule has 0 atom stereocenters. The number of nitrogens with one attached hydrogen (secondary N) is 1. The van der Waals surface area contributed by atoms with Crippen molar-refractivity contribution in [3.05, 3.63) is 83.2 Å². The van der Waals surface area contributed by atoms with Gasteiger partial charge < -0.3 is 0 Å². The highest BCUT2D eigenvalue weighted by molar-refractivity contribution is 5.80. The van der Waals surface area contributed by atoms with Gasteiger partial charge in [-0.25, -0.2) is 0 Å². The number of nitrogens with zero attached hydrogens (tertiary/aromatic N) is 3. The van der Waals surface area contributed by atoms with Crippen LogP contribution in [0.4, 0.5) is 5.69 Å². The summed E-state index contributed by atoms with van der Waals surface area (Å²) >= 11 is 0. The predicted molar refractivity (Wildman–Crippen MR) is 117 cm³/mol. The molecule has 5 heteroatoms. The van der Waals surface area contributed by atoms with Gasteiger partial charge in [0.1, 0.15) is 0 Å². The first-order chi connectivity index (χ1) is 13.9. The summed E-state index contributed by atoms with van der Waals surface area (Å²) < 4.78 is 2.02. The zero-order valence-electron chi connectivity index (χ0n) is 17.7. The Kier molecular flexibility index (Phi) is 6.70. The maximum Gasteiger partial charge on any atom is 0.243 e. The van der Waals surface area contributed by atoms with E-state index in [0.29, 0.717) is 18.9 Å². The third-order valence-corrected chi connectivity index (χ3v) is 4.92. The van der Waals surface area contributed by atoms with Crippen LogP contribution in [0.3, 0.4) is 0 Å². The summed E-state index contributed by atoms with van der Waals surface area (Å²) in [6.07, 6.45) is 0.313. The third kappa shape index (κ3) is 5.47. The van der Waals surface area contributed by atoms with Crippen LogP contribution in [0.15, 0.2) is 60.7 Å². The van der Waals surface area contributed by atoms with Crippen LogP contribution >= 0.6 is 0 Å². The minimum Gasteiger partial charge on any atom is -0.281 e. The Bertz CT molecular complexity index is 932. The maximum absolute atomic E-state index is 12.9. The molecule has 1 aromatic heterocycles. The van der Waals surface area contributed by atoms with Crippen molar-refractivity contribution in [3.63, 3.8) is 0 Å². The van der Waals surface area contributed by atoms with Crippen LogP contribution < -0.4 is 10.4 Å². The second-order valence-corrected chi connectivity index (χ2v) is 7.84. The van der Waals surface area contributed by atoms with Gasteiger partial charge in [-0.3, -0.25) is 19.9 Å². The molecule has 0 aliphatic carbocycles. The van der Waals surface area contributed by atoms with Gasteiger partial charge in [-0.15, -0.1) is 0 Å². The number of amides is 1. The van der Waals surface area contributed by atoms with Gasteiger partial charge in [0.15, 0.2) is 0 Å². The molecule has 0 saturated heterocycles. The van der Waals surface area contributed by atoms with Crippen molar-refractivity contribution in [2.75, 3.05) is 5.01 Å². The molecule has 0 aliphatic heterocycles. The smallest absolute Gasteiger partial charge is 0.243 e. The first-order valence-corrected chi connectivity index (χ1v) is 10.1.